The van der Waals surface area contributed by atoms with Gasteiger partial charge in [-0.15, -0.1) is 0 Å². The first-order valence-corrected chi connectivity index (χ1v) is 3.96. The van der Waals surface area contributed by atoms with Crippen molar-refractivity contribution >= 4 is 11.8 Å². The highest BCUT2D eigenvalue weighted by atomic mass is 16.2. The lowest BCUT2D eigenvalue weighted by molar-refractivity contribution is -0.147. The fourth-order valence-corrected chi connectivity index (χ4v) is 1.25. The van der Waals surface area contributed by atoms with E-state index in [4.69, 9.17) is 0 Å². The molecule has 0 atom stereocenters. The minimum Gasteiger partial charge on any atom is -0.274 e. The van der Waals surface area contributed by atoms with E-state index >= 15 is 0 Å². The Balaban J connectivity index is 2.95. The van der Waals surface area contributed by atoms with Crippen LogP contribution in [0, 0.1) is 0 Å². The van der Waals surface area contributed by atoms with Crippen molar-refractivity contribution in [2.45, 2.75) is 32.7 Å². The first kappa shape index (κ1) is 8.97. The summed E-state index contributed by atoms with van der Waals surface area (Å²) in [4.78, 5) is 23.9. The second-order valence-corrected chi connectivity index (χ2v) is 3.84. The van der Waals surface area contributed by atoms with Gasteiger partial charge in [-0.25, -0.2) is 0 Å². The highest BCUT2D eigenvalue weighted by Gasteiger charge is 2.32. The molecule has 0 aromatic rings. The summed E-state index contributed by atoms with van der Waals surface area (Å²) in [6.07, 6.45) is 3.39. The van der Waals surface area contributed by atoms with E-state index in [1.807, 2.05) is 20.8 Å². The minimum atomic E-state index is -0.404. The maximum Gasteiger partial charge on any atom is 0.253 e. The van der Waals surface area contributed by atoms with Gasteiger partial charge >= 0.3 is 0 Å². The number of hydrogen-bond acceptors (Lipinski definition) is 2. The molecular weight excluding hydrogens is 154 g/mol. The van der Waals surface area contributed by atoms with Crippen LogP contribution in [0.3, 0.4) is 0 Å². The zero-order chi connectivity index (χ0) is 9.35. The number of hydrogen-bond donors (Lipinski definition) is 0. The van der Waals surface area contributed by atoms with Gasteiger partial charge in [0.05, 0.1) is 0 Å². The van der Waals surface area contributed by atoms with Gasteiger partial charge in [-0.1, -0.05) is 6.08 Å². The third-order valence-electron chi connectivity index (χ3n) is 1.69. The molecule has 2 amide bonds. The molecule has 0 bridgehead atoms. The van der Waals surface area contributed by atoms with Gasteiger partial charge in [0.2, 0.25) is 5.91 Å². The third-order valence-corrected chi connectivity index (χ3v) is 1.69. The molecule has 0 N–H and O–H groups in total. The second kappa shape index (κ2) is 2.73. The van der Waals surface area contributed by atoms with Gasteiger partial charge in [-0.05, 0) is 20.8 Å². The lowest BCUT2D eigenvalue weighted by Crippen LogP contribution is -2.49. The molecule has 0 spiro atoms. The number of imide groups is 1. The predicted molar refractivity (Wildman–Crippen MR) is 45.4 cm³/mol. The number of nitrogens with zero attached hydrogens (tertiary/aromatic N) is 1. The van der Waals surface area contributed by atoms with Crippen LogP contribution in [-0.2, 0) is 9.59 Å². The Labute approximate surface area is 72.0 Å². The average molecular weight is 167 g/mol. The van der Waals surface area contributed by atoms with Gasteiger partial charge in [0.25, 0.3) is 5.91 Å². The lowest BCUT2D eigenvalue weighted by Gasteiger charge is -2.34. The molecule has 1 aliphatic heterocycles. The smallest absolute Gasteiger partial charge is 0.253 e. The van der Waals surface area contributed by atoms with Crippen LogP contribution in [0.2, 0.25) is 0 Å². The van der Waals surface area contributed by atoms with Crippen LogP contribution in [-0.4, -0.2) is 22.3 Å². The molecule has 0 fully saturated rings. The van der Waals surface area contributed by atoms with E-state index in [1.54, 1.807) is 6.08 Å². The van der Waals surface area contributed by atoms with Gasteiger partial charge in [0, 0.05) is 18.0 Å². The summed E-state index contributed by atoms with van der Waals surface area (Å²) >= 11 is 0. The maximum absolute atomic E-state index is 11.3. The molecule has 0 radical (unpaired) electrons. The molecule has 0 aliphatic carbocycles. The number of amides is 2. The minimum absolute atomic E-state index is 0.116. The Morgan fingerprint density at radius 1 is 1.33 bits per heavy atom. The van der Waals surface area contributed by atoms with Crippen LogP contribution in [0.25, 0.3) is 0 Å². The van der Waals surface area contributed by atoms with E-state index in [2.05, 4.69) is 0 Å². The number of carbonyl (C=O) groups is 2. The molecule has 12 heavy (non-hydrogen) atoms. The Kier molecular flexibility index (Phi) is 2.04. The van der Waals surface area contributed by atoms with Crippen LogP contribution in [0.15, 0.2) is 12.2 Å². The summed E-state index contributed by atoms with van der Waals surface area (Å²) in [6.45, 7) is 5.55. The van der Waals surface area contributed by atoms with Crippen LogP contribution in [0.5, 0.6) is 0 Å². The van der Waals surface area contributed by atoms with Crippen LogP contribution >= 0.6 is 0 Å². The normalized spacial score (nSPS) is 18.8. The highest BCUT2D eigenvalue weighted by molar-refractivity contribution is 6.04. The summed E-state index contributed by atoms with van der Waals surface area (Å²) in [6, 6.07) is 0. The van der Waals surface area contributed by atoms with Crippen LogP contribution in [0.4, 0.5) is 0 Å². The molecule has 0 unspecified atom stereocenters. The Morgan fingerprint density at radius 2 is 1.92 bits per heavy atom. The molecule has 3 heteroatoms. The van der Waals surface area contributed by atoms with Gasteiger partial charge in [-0.3, -0.25) is 14.5 Å². The molecule has 1 aliphatic rings. The molecule has 3 nitrogen and oxygen atoms in total. The zero-order valence-corrected chi connectivity index (χ0v) is 7.63. The highest BCUT2D eigenvalue weighted by Crippen LogP contribution is 2.18. The first-order valence-electron chi connectivity index (χ1n) is 3.96. The molecule has 0 saturated carbocycles. The quantitative estimate of drug-likeness (QED) is 0.507. The van der Waals surface area contributed by atoms with Crippen molar-refractivity contribution in [3.8, 4) is 0 Å². The monoisotopic (exact) mass is 167 g/mol. The summed E-state index contributed by atoms with van der Waals surface area (Å²) < 4.78 is 0. The van der Waals surface area contributed by atoms with E-state index in [1.165, 1.54) is 11.0 Å². The number of carbonyl (C=O) groups excluding carboxylic acids is 2. The number of rotatable bonds is 0. The SMILES string of the molecule is CC(C)(C)N1C(=O)C=CCC1=O. The van der Waals surface area contributed by atoms with Gasteiger partial charge in [0.1, 0.15) is 0 Å². The third kappa shape index (κ3) is 1.55. The van der Waals surface area contributed by atoms with Crippen molar-refractivity contribution in [2.75, 3.05) is 0 Å². The van der Waals surface area contributed by atoms with Crippen molar-refractivity contribution in [3.63, 3.8) is 0 Å². The maximum atomic E-state index is 11.3. The van der Waals surface area contributed by atoms with E-state index in [9.17, 15) is 9.59 Å². The van der Waals surface area contributed by atoms with E-state index in [-0.39, 0.29) is 11.8 Å². The van der Waals surface area contributed by atoms with Gasteiger partial charge < -0.3 is 0 Å². The first-order chi connectivity index (χ1) is 5.43. The fourth-order valence-electron chi connectivity index (χ4n) is 1.25. The molecule has 1 heterocycles. The second-order valence-electron chi connectivity index (χ2n) is 3.84. The summed E-state index contributed by atoms with van der Waals surface area (Å²) in [5, 5.41) is 0. The standard InChI is InChI=1S/C9H13NO2/c1-9(2,3)10-7(11)5-4-6-8(10)12/h4-5H,6H2,1-3H3. The van der Waals surface area contributed by atoms with Crippen molar-refractivity contribution < 1.29 is 9.59 Å². The largest absolute Gasteiger partial charge is 0.274 e. The molecule has 0 saturated heterocycles. The van der Waals surface area contributed by atoms with Gasteiger partial charge in [-0.2, -0.15) is 0 Å². The molecule has 0 aromatic carbocycles. The molecule has 66 valence electrons. The summed E-state index contributed by atoms with van der Waals surface area (Å²) in [5.74, 6) is -0.325. The van der Waals surface area contributed by atoms with E-state index in [0.29, 0.717) is 6.42 Å². The molecule has 0 aromatic heterocycles. The zero-order valence-electron chi connectivity index (χ0n) is 7.63. The van der Waals surface area contributed by atoms with Gasteiger partial charge in [0.15, 0.2) is 0 Å². The van der Waals surface area contributed by atoms with Crippen molar-refractivity contribution in [2.24, 2.45) is 0 Å². The van der Waals surface area contributed by atoms with Crippen LogP contribution < -0.4 is 0 Å². The molecule has 1 rings (SSSR count). The average Bonchev–Trinajstić information content (AvgIpc) is 1.82. The molecular formula is C9H13NO2. The lowest BCUT2D eigenvalue weighted by atomic mass is 10.0. The van der Waals surface area contributed by atoms with Crippen molar-refractivity contribution in [1.29, 1.82) is 0 Å². The fraction of sp³-hybridized carbons (Fsp3) is 0.556. The topological polar surface area (TPSA) is 37.4 Å². The predicted octanol–water partition coefficient (Wildman–Crippen LogP) is 1.10. The van der Waals surface area contributed by atoms with Crippen LogP contribution in [0.1, 0.15) is 27.2 Å². The van der Waals surface area contributed by atoms with Crippen molar-refractivity contribution in [3.05, 3.63) is 12.2 Å². The van der Waals surface area contributed by atoms with E-state index in [0.717, 1.165) is 0 Å². The summed E-state index contributed by atoms with van der Waals surface area (Å²) in [7, 11) is 0. The Morgan fingerprint density at radius 3 is 2.25 bits per heavy atom. The van der Waals surface area contributed by atoms with E-state index < -0.39 is 5.54 Å². The Bertz CT molecular complexity index is 248. The van der Waals surface area contributed by atoms with Crippen molar-refractivity contribution in [1.82, 2.24) is 4.90 Å². The summed E-state index contributed by atoms with van der Waals surface area (Å²) in [5.41, 5.74) is -0.404. The Hall–Kier alpha value is -1.12.